The zero-order chi connectivity index (χ0) is 10.4. The Labute approximate surface area is 87.9 Å². The zero-order valence-electron chi connectivity index (χ0n) is 7.97. The smallest absolute Gasteiger partial charge is 0.338 e. The van der Waals surface area contributed by atoms with Crippen molar-refractivity contribution in [2.45, 2.75) is 26.2 Å². The first-order valence-electron chi connectivity index (χ1n) is 4.52. The second-order valence-corrected chi connectivity index (χ2v) is 3.30. The first-order valence-corrected chi connectivity index (χ1v) is 4.89. The summed E-state index contributed by atoms with van der Waals surface area (Å²) in [5.41, 5.74) is -0.461. The van der Waals surface area contributed by atoms with E-state index in [1.165, 1.54) is 6.07 Å². The van der Waals surface area contributed by atoms with Crippen LogP contribution in [0.15, 0.2) is 21.3 Å². The highest BCUT2D eigenvalue weighted by molar-refractivity contribution is 6.30. The van der Waals surface area contributed by atoms with Gasteiger partial charge in [0.15, 0.2) is 5.76 Å². The second kappa shape index (κ2) is 5.51. The summed E-state index contributed by atoms with van der Waals surface area (Å²) in [5.74, 6) is 6.01. The molecule has 14 heavy (non-hydrogen) atoms. The molecule has 3 heteroatoms. The maximum Gasteiger partial charge on any atom is 0.338 e. The average molecular weight is 211 g/mol. The summed E-state index contributed by atoms with van der Waals surface area (Å²) >= 11 is 5.66. The lowest BCUT2D eigenvalue weighted by atomic mass is 10.2. The molecule has 1 rings (SSSR count). The first-order chi connectivity index (χ1) is 6.72. The third kappa shape index (κ3) is 3.68. The maximum absolute atomic E-state index is 10.9. The van der Waals surface area contributed by atoms with Gasteiger partial charge in [-0.15, -0.1) is 0 Å². The SMILES string of the molecule is CCCCC#Cc1cc(Cl)cc(=O)o1. The van der Waals surface area contributed by atoms with E-state index >= 15 is 0 Å². The lowest BCUT2D eigenvalue weighted by molar-refractivity contribution is 0.498. The Kier molecular flexibility index (Phi) is 4.28. The van der Waals surface area contributed by atoms with E-state index in [4.69, 9.17) is 16.0 Å². The molecule has 0 amide bonds. The van der Waals surface area contributed by atoms with Gasteiger partial charge in [-0.3, -0.25) is 0 Å². The van der Waals surface area contributed by atoms with Gasteiger partial charge in [-0.2, -0.15) is 0 Å². The molecular weight excluding hydrogens is 200 g/mol. The van der Waals surface area contributed by atoms with Crippen LogP contribution in [0.2, 0.25) is 5.02 Å². The van der Waals surface area contributed by atoms with Crippen LogP contribution in [0.1, 0.15) is 31.9 Å². The molecule has 0 aliphatic carbocycles. The molecule has 1 heterocycles. The molecule has 0 radical (unpaired) electrons. The van der Waals surface area contributed by atoms with E-state index < -0.39 is 5.63 Å². The maximum atomic E-state index is 10.9. The van der Waals surface area contributed by atoms with Crippen LogP contribution in [0, 0.1) is 11.8 Å². The van der Waals surface area contributed by atoms with Crippen LogP contribution in [0.4, 0.5) is 0 Å². The predicted octanol–water partition coefficient (Wildman–Crippen LogP) is 2.83. The Bertz CT molecular complexity index is 409. The summed E-state index contributed by atoms with van der Waals surface area (Å²) in [5, 5.41) is 0.362. The highest BCUT2D eigenvalue weighted by Gasteiger charge is 1.95. The summed E-state index contributed by atoms with van der Waals surface area (Å²) in [6.45, 7) is 2.10. The fraction of sp³-hybridized carbons (Fsp3) is 0.364. The standard InChI is InChI=1S/C11H11ClO2/c1-2-3-4-5-6-10-7-9(12)8-11(13)14-10/h7-8H,2-4H2,1H3. The van der Waals surface area contributed by atoms with E-state index in [0.29, 0.717) is 10.8 Å². The van der Waals surface area contributed by atoms with Gasteiger partial charge in [-0.05, 0) is 12.3 Å². The van der Waals surface area contributed by atoms with Crippen molar-refractivity contribution in [3.63, 3.8) is 0 Å². The Morgan fingerprint density at radius 3 is 2.93 bits per heavy atom. The van der Waals surface area contributed by atoms with Crippen LogP contribution in [-0.2, 0) is 0 Å². The Balaban J connectivity index is 2.74. The van der Waals surface area contributed by atoms with Crippen molar-refractivity contribution >= 4 is 11.6 Å². The van der Waals surface area contributed by atoms with Gasteiger partial charge in [-0.25, -0.2) is 4.79 Å². The van der Waals surface area contributed by atoms with Crippen LogP contribution in [-0.4, -0.2) is 0 Å². The van der Waals surface area contributed by atoms with Crippen molar-refractivity contribution in [1.82, 2.24) is 0 Å². The van der Waals surface area contributed by atoms with E-state index in [2.05, 4.69) is 18.8 Å². The van der Waals surface area contributed by atoms with E-state index in [0.717, 1.165) is 19.3 Å². The van der Waals surface area contributed by atoms with Crippen LogP contribution in [0.3, 0.4) is 0 Å². The summed E-state index contributed by atoms with van der Waals surface area (Å²) in [4.78, 5) is 10.9. The van der Waals surface area contributed by atoms with E-state index in [-0.39, 0.29) is 0 Å². The van der Waals surface area contributed by atoms with Crippen molar-refractivity contribution in [2.75, 3.05) is 0 Å². The van der Waals surface area contributed by atoms with Gasteiger partial charge in [0.05, 0.1) is 5.02 Å². The molecule has 0 N–H and O–H groups in total. The average Bonchev–Trinajstić information content (AvgIpc) is 2.11. The van der Waals surface area contributed by atoms with Crippen molar-refractivity contribution in [1.29, 1.82) is 0 Å². The second-order valence-electron chi connectivity index (χ2n) is 2.86. The van der Waals surface area contributed by atoms with Crippen LogP contribution in [0.25, 0.3) is 0 Å². The minimum Gasteiger partial charge on any atom is -0.414 e. The monoisotopic (exact) mass is 210 g/mol. The fourth-order valence-corrected chi connectivity index (χ4v) is 1.11. The molecule has 0 aromatic carbocycles. The quantitative estimate of drug-likeness (QED) is 0.555. The summed E-state index contributed by atoms with van der Waals surface area (Å²) in [6, 6.07) is 2.76. The number of rotatable bonds is 2. The molecule has 1 aromatic rings. The van der Waals surface area contributed by atoms with Gasteiger partial charge >= 0.3 is 5.63 Å². The normalized spacial score (nSPS) is 9.29. The molecule has 2 nitrogen and oxygen atoms in total. The van der Waals surface area contributed by atoms with Crippen molar-refractivity contribution < 1.29 is 4.42 Å². The topological polar surface area (TPSA) is 30.2 Å². The highest BCUT2D eigenvalue weighted by atomic mass is 35.5. The summed E-state index contributed by atoms with van der Waals surface area (Å²) < 4.78 is 4.82. The van der Waals surface area contributed by atoms with Crippen LogP contribution < -0.4 is 5.63 Å². The summed E-state index contributed by atoms with van der Waals surface area (Å²) in [7, 11) is 0. The lowest BCUT2D eigenvalue weighted by Crippen LogP contribution is -1.96. The third-order valence-electron chi connectivity index (χ3n) is 1.60. The largest absolute Gasteiger partial charge is 0.414 e. The third-order valence-corrected chi connectivity index (χ3v) is 1.82. The van der Waals surface area contributed by atoms with Gasteiger partial charge in [0, 0.05) is 18.6 Å². The molecule has 0 saturated heterocycles. The van der Waals surface area contributed by atoms with Crippen LogP contribution in [0.5, 0.6) is 0 Å². The van der Waals surface area contributed by atoms with Crippen molar-refractivity contribution in [3.8, 4) is 11.8 Å². The fourth-order valence-electron chi connectivity index (χ4n) is 0.923. The number of hydrogen-bond acceptors (Lipinski definition) is 2. The zero-order valence-corrected chi connectivity index (χ0v) is 8.73. The Morgan fingerprint density at radius 2 is 2.29 bits per heavy atom. The van der Waals surface area contributed by atoms with Gasteiger partial charge in [0.1, 0.15) is 0 Å². The lowest BCUT2D eigenvalue weighted by Gasteiger charge is -1.89. The van der Waals surface area contributed by atoms with Gasteiger partial charge < -0.3 is 4.42 Å². The molecule has 1 aromatic heterocycles. The number of halogens is 1. The molecule has 74 valence electrons. The minimum atomic E-state index is -0.461. The van der Waals surface area contributed by atoms with Gasteiger partial charge in [0.25, 0.3) is 0 Å². The highest BCUT2D eigenvalue weighted by Crippen LogP contribution is 2.06. The van der Waals surface area contributed by atoms with Gasteiger partial charge in [0.2, 0.25) is 0 Å². The Morgan fingerprint density at radius 1 is 1.50 bits per heavy atom. The molecule has 0 saturated carbocycles. The molecule has 0 unspecified atom stereocenters. The number of unbranched alkanes of at least 4 members (excludes halogenated alkanes) is 2. The predicted molar refractivity (Wildman–Crippen MR) is 56.4 cm³/mol. The van der Waals surface area contributed by atoms with Crippen molar-refractivity contribution in [2.24, 2.45) is 0 Å². The number of hydrogen-bond donors (Lipinski definition) is 0. The summed E-state index contributed by atoms with van der Waals surface area (Å²) in [6.07, 6.45) is 2.97. The molecule has 0 aliphatic heterocycles. The minimum absolute atomic E-state index is 0.332. The van der Waals surface area contributed by atoms with Crippen LogP contribution >= 0.6 is 11.6 Å². The molecular formula is C11H11ClO2. The molecule has 0 bridgehead atoms. The first kappa shape index (κ1) is 10.9. The van der Waals surface area contributed by atoms with Gasteiger partial charge in [-0.1, -0.05) is 30.9 Å². The van der Waals surface area contributed by atoms with Crippen molar-refractivity contribution in [3.05, 3.63) is 33.3 Å². The van der Waals surface area contributed by atoms with E-state index in [9.17, 15) is 4.79 Å². The molecule has 0 fully saturated rings. The van der Waals surface area contributed by atoms with E-state index in [1.807, 2.05) is 0 Å². The molecule has 0 atom stereocenters. The molecule has 0 spiro atoms. The Hall–Kier alpha value is -1.20. The molecule has 0 aliphatic rings. The van der Waals surface area contributed by atoms with E-state index in [1.54, 1.807) is 6.07 Å².